The van der Waals surface area contributed by atoms with E-state index in [1.54, 1.807) is 11.1 Å². The molecule has 2 bridgehead atoms. The number of hydrogen-bond donors (Lipinski definition) is 0. The van der Waals surface area contributed by atoms with Crippen molar-refractivity contribution in [2.75, 3.05) is 13.1 Å². The molecule has 102 valence electrons. The van der Waals surface area contributed by atoms with E-state index in [1.807, 2.05) is 0 Å². The van der Waals surface area contributed by atoms with E-state index in [0.717, 1.165) is 5.92 Å². The van der Waals surface area contributed by atoms with Crippen molar-refractivity contribution in [2.45, 2.75) is 31.2 Å². The van der Waals surface area contributed by atoms with Crippen LogP contribution >= 0.6 is 0 Å². The van der Waals surface area contributed by atoms with E-state index in [4.69, 9.17) is 0 Å². The minimum Gasteiger partial charge on any atom is -0.296 e. The van der Waals surface area contributed by atoms with Crippen molar-refractivity contribution in [3.8, 4) is 0 Å². The third kappa shape index (κ3) is 2.06. The summed E-state index contributed by atoms with van der Waals surface area (Å²) in [7, 11) is 0. The molecule has 1 aliphatic heterocycles. The topological polar surface area (TPSA) is 3.24 Å². The van der Waals surface area contributed by atoms with Gasteiger partial charge in [0.25, 0.3) is 0 Å². The lowest BCUT2D eigenvalue weighted by Crippen LogP contribution is -2.33. The number of benzene rings is 2. The predicted molar refractivity (Wildman–Crippen MR) is 82.9 cm³/mol. The van der Waals surface area contributed by atoms with Gasteiger partial charge in [-0.05, 0) is 48.4 Å². The number of nitrogens with zero attached hydrogens (tertiary/aromatic N) is 1. The Hall–Kier alpha value is -1.60. The van der Waals surface area contributed by atoms with Gasteiger partial charge in [-0.1, -0.05) is 54.6 Å². The van der Waals surface area contributed by atoms with Crippen molar-refractivity contribution >= 4 is 0 Å². The first-order valence-corrected chi connectivity index (χ1v) is 7.78. The molecule has 1 fully saturated rings. The largest absolute Gasteiger partial charge is 0.296 e. The van der Waals surface area contributed by atoms with E-state index in [-0.39, 0.29) is 0 Å². The van der Waals surface area contributed by atoms with Crippen LogP contribution in [0.1, 0.15) is 41.5 Å². The molecule has 2 atom stereocenters. The van der Waals surface area contributed by atoms with Crippen LogP contribution in [0.4, 0.5) is 0 Å². The summed E-state index contributed by atoms with van der Waals surface area (Å²) in [6.45, 7) is 2.45. The molecule has 0 aromatic heterocycles. The number of piperidine rings is 1. The molecule has 0 radical (unpaired) electrons. The van der Waals surface area contributed by atoms with Crippen molar-refractivity contribution < 1.29 is 0 Å². The van der Waals surface area contributed by atoms with E-state index >= 15 is 0 Å². The summed E-state index contributed by atoms with van der Waals surface area (Å²) in [5, 5.41) is 0. The molecule has 2 aliphatic rings. The van der Waals surface area contributed by atoms with E-state index in [0.29, 0.717) is 6.04 Å². The number of likely N-dealkylation sites (tertiary alicyclic amines) is 1. The monoisotopic (exact) mass is 263 g/mol. The maximum Gasteiger partial charge on any atom is 0.0356 e. The Morgan fingerprint density at radius 3 is 2.50 bits per heavy atom. The maximum absolute atomic E-state index is 2.70. The van der Waals surface area contributed by atoms with Crippen LogP contribution in [-0.2, 0) is 6.42 Å². The van der Waals surface area contributed by atoms with Crippen molar-refractivity contribution in [2.24, 2.45) is 0 Å². The lowest BCUT2D eigenvalue weighted by atomic mass is 9.95. The van der Waals surface area contributed by atoms with Crippen LogP contribution in [0.5, 0.6) is 0 Å². The minimum absolute atomic E-state index is 0.675. The van der Waals surface area contributed by atoms with Crippen LogP contribution in [0.15, 0.2) is 54.6 Å². The molecule has 1 heteroatoms. The smallest absolute Gasteiger partial charge is 0.0356 e. The Balaban J connectivity index is 1.51. The van der Waals surface area contributed by atoms with Crippen LogP contribution in [0.3, 0.4) is 0 Å². The number of rotatable bonds is 3. The normalized spacial score (nSPS) is 24.6. The van der Waals surface area contributed by atoms with Gasteiger partial charge in [0.2, 0.25) is 0 Å². The van der Waals surface area contributed by atoms with Crippen LogP contribution in [-0.4, -0.2) is 18.0 Å². The van der Waals surface area contributed by atoms with Crippen molar-refractivity contribution in [3.05, 3.63) is 71.3 Å². The third-order valence-corrected chi connectivity index (χ3v) is 5.04. The van der Waals surface area contributed by atoms with Gasteiger partial charge in [0.15, 0.2) is 0 Å². The summed E-state index contributed by atoms with van der Waals surface area (Å²) in [4.78, 5) is 2.70. The van der Waals surface area contributed by atoms with Crippen LogP contribution < -0.4 is 0 Å². The Bertz CT molecular complexity index is 590. The third-order valence-electron chi connectivity index (χ3n) is 5.04. The molecule has 2 unspecified atom stereocenters. The summed E-state index contributed by atoms with van der Waals surface area (Å²) in [6.07, 6.45) is 3.85. The second-order valence-corrected chi connectivity index (χ2v) is 6.14. The van der Waals surface area contributed by atoms with Crippen LogP contribution in [0.25, 0.3) is 0 Å². The first-order chi connectivity index (χ1) is 9.92. The molecule has 1 nitrogen and oxygen atoms in total. The van der Waals surface area contributed by atoms with Gasteiger partial charge in [-0.15, -0.1) is 0 Å². The average Bonchev–Trinajstić information content (AvgIpc) is 2.82. The molecule has 4 rings (SSSR count). The highest BCUT2D eigenvalue weighted by Gasteiger charge is 2.37. The fraction of sp³-hybridized carbons (Fsp3) is 0.368. The second-order valence-electron chi connectivity index (χ2n) is 6.14. The van der Waals surface area contributed by atoms with Gasteiger partial charge in [-0.25, -0.2) is 0 Å². The SMILES string of the molecule is c1ccc(CCN2CCC3CC2c2ccccc23)cc1. The molecule has 2 aromatic carbocycles. The van der Waals surface area contributed by atoms with E-state index in [1.165, 1.54) is 37.9 Å². The molecule has 1 saturated heterocycles. The highest BCUT2D eigenvalue weighted by Crippen LogP contribution is 2.48. The molecule has 0 saturated carbocycles. The fourth-order valence-corrected chi connectivity index (χ4v) is 3.99. The van der Waals surface area contributed by atoms with E-state index < -0.39 is 0 Å². The van der Waals surface area contributed by atoms with Crippen molar-refractivity contribution in [1.82, 2.24) is 4.90 Å². The molecule has 0 spiro atoms. The standard InChI is InChI=1S/C19H21N/c1-2-6-15(7-3-1)10-12-20-13-11-16-14-19(20)18-9-5-4-8-17(16)18/h1-9,16,19H,10-14H2. The lowest BCUT2D eigenvalue weighted by Gasteiger charge is -2.33. The molecule has 1 aliphatic carbocycles. The Labute approximate surface area is 121 Å². The molecule has 0 amide bonds. The summed E-state index contributed by atoms with van der Waals surface area (Å²) < 4.78 is 0. The zero-order chi connectivity index (χ0) is 13.4. The lowest BCUT2D eigenvalue weighted by molar-refractivity contribution is 0.155. The number of hydrogen-bond acceptors (Lipinski definition) is 1. The van der Waals surface area contributed by atoms with Crippen molar-refractivity contribution in [3.63, 3.8) is 0 Å². The first-order valence-electron chi connectivity index (χ1n) is 7.78. The highest BCUT2D eigenvalue weighted by molar-refractivity contribution is 5.39. The van der Waals surface area contributed by atoms with Gasteiger partial charge in [0.05, 0.1) is 0 Å². The van der Waals surface area contributed by atoms with Gasteiger partial charge in [0.1, 0.15) is 0 Å². The van der Waals surface area contributed by atoms with Gasteiger partial charge in [-0.2, -0.15) is 0 Å². The van der Waals surface area contributed by atoms with Crippen LogP contribution in [0.2, 0.25) is 0 Å². The van der Waals surface area contributed by atoms with Crippen molar-refractivity contribution in [1.29, 1.82) is 0 Å². The predicted octanol–water partition coefficient (Wildman–Crippen LogP) is 4.16. The second kappa shape index (κ2) is 5.06. The zero-order valence-electron chi connectivity index (χ0n) is 11.8. The van der Waals surface area contributed by atoms with E-state index in [2.05, 4.69) is 59.5 Å². The highest BCUT2D eigenvalue weighted by atomic mass is 15.2. The van der Waals surface area contributed by atoms with Crippen LogP contribution in [0, 0.1) is 0 Å². The van der Waals surface area contributed by atoms with Gasteiger partial charge < -0.3 is 0 Å². The molecule has 20 heavy (non-hydrogen) atoms. The molecule has 1 heterocycles. The van der Waals surface area contributed by atoms with Gasteiger partial charge >= 0.3 is 0 Å². The summed E-state index contributed by atoms with van der Waals surface area (Å²) >= 11 is 0. The Morgan fingerprint density at radius 1 is 0.900 bits per heavy atom. The maximum atomic E-state index is 2.70. The summed E-state index contributed by atoms with van der Waals surface area (Å²) in [5.74, 6) is 0.823. The minimum atomic E-state index is 0.675. The molecule has 0 N–H and O–H groups in total. The quantitative estimate of drug-likeness (QED) is 0.803. The summed E-state index contributed by atoms with van der Waals surface area (Å²) in [5.41, 5.74) is 4.68. The molecular weight excluding hydrogens is 242 g/mol. The number of fused-ring (bicyclic) bond motifs is 5. The Morgan fingerprint density at radius 2 is 1.65 bits per heavy atom. The molecule has 2 aromatic rings. The Kier molecular flexibility index (Phi) is 3.08. The summed E-state index contributed by atoms with van der Waals surface area (Å²) in [6, 6.07) is 20.7. The zero-order valence-corrected chi connectivity index (χ0v) is 11.8. The average molecular weight is 263 g/mol. The first kappa shape index (κ1) is 12.2. The van der Waals surface area contributed by atoms with Gasteiger partial charge in [0, 0.05) is 12.6 Å². The molecular formula is C19H21N. The van der Waals surface area contributed by atoms with Gasteiger partial charge in [-0.3, -0.25) is 4.90 Å². The van der Waals surface area contributed by atoms with E-state index in [9.17, 15) is 0 Å². The fourth-order valence-electron chi connectivity index (χ4n) is 3.99.